The molecule has 1 unspecified atom stereocenters. The van der Waals surface area contributed by atoms with Crippen molar-refractivity contribution in [3.63, 3.8) is 0 Å². The van der Waals surface area contributed by atoms with Crippen molar-refractivity contribution < 1.29 is 22.4 Å². The molecule has 2 aliphatic heterocycles. The Hall–Kier alpha value is -2.76. The number of morpholine rings is 1. The molecule has 5 rings (SSSR count). The molecule has 182 valence electrons. The Bertz CT molecular complexity index is 1280. The van der Waals surface area contributed by atoms with Crippen molar-refractivity contribution in [2.24, 2.45) is 0 Å². The fourth-order valence-corrected chi connectivity index (χ4v) is 6.38. The van der Waals surface area contributed by atoms with E-state index in [2.05, 4.69) is 15.3 Å². The second-order valence-electron chi connectivity index (χ2n) is 8.88. The van der Waals surface area contributed by atoms with Gasteiger partial charge in [-0.15, -0.1) is 0 Å². The number of fused-ring (bicyclic) bond motifs is 1. The maximum absolute atomic E-state index is 13.3. The molecule has 0 spiro atoms. The lowest BCUT2D eigenvalue weighted by Crippen LogP contribution is -2.38. The van der Waals surface area contributed by atoms with Gasteiger partial charge in [0.15, 0.2) is 21.2 Å². The molecule has 0 aromatic carbocycles. The zero-order chi connectivity index (χ0) is 23.7. The normalized spacial score (nSPS) is 20.7. The topological polar surface area (TPSA) is 120 Å². The van der Waals surface area contributed by atoms with Gasteiger partial charge in [-0.3, -0.25) is 9.69 Å². The molecule has 3 aromatic heterocycles. The van der Waals surface area contributed by atoms with Crippen molar-refractivity contribution in [1.29, 1.82) is 0 Å². The lowest BCUT2D eigenvalue weighted by molar-refractivity contribution is 0.0374. The average molecular weight is 488 g/mol. The van der Waals surface area contributed by atoms with Crippen LogP contribution in [-0.4, -0.2) is 84.9 Å². The first-order valence-corrected chi connectivity index (χ1v) is 13.5. The number of sulfone groups is 1. The number of ether oxygens (including phenoxy) is 1. The summed E-state index contributed by atoms with van der Waals surface area (Å²) < 4.78 is 36.8. The molecule has 2 saturated heterocycles. The van der Waals surface area contributed by atoms with Crippen LogP contribution in [0.4, 0.5) is 0 Å². The standard InChI is InChI=1S/C23H29N5O5S/c1-16-21-18(23(29)24-6-3-7-27-8-11-32-12-9-27)14-19(20-4-2-10-33-20)25-22(21)28(26-16)17-5-13-34(30,31)15-17/h2,4,10,14,17H,3,5-9,11-13,15H2,1H3,(H,24,29). The SMILES string of the molecule is Cc1nn(C2CCS(=O)(=O)C2)c2nc(-c3ccco3)cc(C(=O)NCCCN3CCOCC3)c12. The number of rotatable bonds is 7. The molecule has 1 amide bonds. The molecular weight excluding hydrogens is 458 g/mol. The third kappa shape index (κ3) is 4.73. The number of furan rings is 1. The van der Waals surface area contributed by atoms with Crippen molar-refractivity contribution in [3.05, 3.63) is 35.7 Å². The van der Waals surface area contributed by atoms with Gasteiger partial charge in [0.05, 0.1) is 53.7 Å². The minimum Gasteiger partial charge on any atom is -0.463 e. The number of nitrogens with zero attached hydrogens (tertiary/aromatic N) is 4. The van der Waals surface area contributed by atoms with Gasteiger partial charge in [0.25, 0.3) is 5.91 Å². The van der Waals surface area contributed by atoms with Gasteiger partial charge in [0, 0.05) is 19.6 Å². The van der Waals surface area contributed by atoms with E-state index in [1.165, 1.54) is 0 Å². The highest BCUT2D eigenvalue weighted by atomic mass is 32.2. The van der Waals surface area contributed by atoms with E-state index < -0.39 is 9.84 Å². The zero-order valence-corrected chi connectivity index (χ0v) is 20.0. The lowest BCUT2D eigenvalue weighted by atomic mass is 10.1. The Kier molecular flexibility index (Phi) is 6.41. The molecule has 10 nitrogen and oxygen atoms in total. The molecule has 2 aliphatic rings. The van der Waals surface area contributed by atoms with Crippen LogP contribution in [0.5, 0.6) is 0 Å². The molecule has 0 aliphatic carbocycles. The number of amides is 1. The molecule has 5 heterocycles. The zero-order valence-electron chi connectivity index (χ0n) is 19.2. The van der Waals surface area contributed by atoms with Crippen LogP contribution in [-0.2, 0) is 14.6 Å². The van der Waals surface area contributed by atoms with Crippen molar-refractivity contribution in [1.82, 2.24) is 25.0 Å². The summed E-state index contributed by atoms with van der Waals surface area (Å²) in [5.41, 5.74) is 2.13. The van der Waals surface area contributed by atoms with E-state index in [4.69, 9.17) is 14.1 Å². The summed E-state index contributed by atoms with van der Waals surface area (Å²) in [6.45, 7) is 6.61. The van der Waals surface area contributed by atoms with Crippen LogP contribution in [0, 0.1) is 6.92 Å². The minimum atomic E-state index is -3.11. The molecule has 2 fully saturated rings. The molecule has 0 saturated carbocycles. The molecule has 34 heavy (non-hydrogen) atoms. The number of aryl methyl sites for hydroxylation is 1. The molecule has 0 bridgehead atoms. The number of aromatic nitrogens is 3. The number of hydrogen-bond donors (Lipinski definition) is 1. The minimum absolute atomic E-state index is 0.0267. The Morgan fingerprint density at radius 2 is 2.12 bits per heavy atom. The fraction of sp³-hybridized carbons (Fsp3) is 0.522. The summed E-state index contributed by atoms with van der Waals surface area (Å²) >= 11 is 0. The van der Waals surface area contributed by atoms with E-state index in [-0.39, 0.29) is 23.5 Å². The Morgan fingerprint density at radius 3 is 2.82 bits per heavy atom. The fourth-order valence-electron chi connectivity index (χ4n) is 4.69. The number of hydrogen-bond acceptors (Lipinski definition) is 8. The number of nitrogens with one attached hydrogen (secondary N) is 1. The smallest absolute Gasteiger partial charge is 0.252 e. The quantitative estimate of drug-likeness (QED) is 0.501. The Morgan fingerprint density at radius 1 is 1.29 bits per heavy atom. The van der Waals surface area contributed by atoms with Gasteiger partial charge >= 0.3 is 0 Å². The summed E-state index contributed by atoms with van der Waals surface area (Å²) in [7, 11) is -3.11. The van der Waals surface area contributed by atoms with E-state index in [0.717, 1.165) is 39.3 Å². The summed E-state index contributed by atoms with van der Waals surface area (Å²) in [5, 5.41) is 8.30. The van der Waals surface area contributed by atoms with Gasteiger partial charge < -0.3 is 14.5 Å². The Labute approximate surface area is 198 Å². The van der Waals surface area contributed by atoms with Crippen molar-refractivity contribution >= 4 is 26.8 Å². The highest BCUT2D eigenvalue weighted by Crippen LogP contribution is 2.32. The summed E-state index contributed by atoms with van der Waals surface area (Å²) in [6, 6.07) is 4.97. The van der Waals surface area contributed by atoms with Crippen molar-refractivity contribution in [2.75, 3.05) is 50.9 Å². The first-order chi connectivity index (χ1) is 16.4. The monoisotopic (exact) mass is 487 g/mol. The van der Waals surface area contributed by atoms with Crippen LogP contribution in [0.25, 0.3) is 22.5 Å². The Balaban J connectivity index is 1.43. The predicted octanol–water partition coefficient (Wildman–Crippen LogP) is 1.81. The average Bonchev–Trinajstić information content (AvgIpc) is 3.56. The molecule has 3 aromatic rings. The number of pyridine rings is 1. The maximum Gasteiger partial charge on any atom is 0.252 e. The van der Waals surface area contributed by atoms with Crippen molar-refractivity contribution in [2.45, 2.75) is 25.8 Å². The number of carbonyl (C=O) groups excluding carboxylic acids is 1. The summed E-state index contributed by atoms with van der Waals surface area (Å²) in [5.74, 6) is 0.488. The summed E-state index contributed by atoms with van der Waals surface area (Å²) in [6.07, 6.45) is 2.87. The third-order valence-electron chi connectivity index (χ3n) is 6.45. The molecular formula is C23H29N5O5S. The van der Waals surface area contributed by atoms with E-state index in [1.807, 2.05) is 6.92 Å². The van der Waals surface area contributed by atoms with Gasteiger partial charge in [-0.25, -0.2) is 18.1 Å². The van der Waals surface area contributed by atoms with Gasteiger partial charge in [-0.1, -0.05) is 0 Å². The largest absolute Gasteiger partial charge is 0.463 e. The van der Waals surface area contributed by atoms with Crippen LogP contribution in [0.3, 0.4) is 0 Å². The van der Waals surface area contributed by atoms with Crippen LogP contribution in [0.15, 0.2) is 28.9 Å². The van der Waals surface area contributed by atoms with E-state index in [0.29, 0.717) is 46.7 Å². The first kappa shape index (κ1) is 23.0. The van der Waals surface area contributed by atoms with E-state index in [9.17, 15) is 13.2 Å². The van der Waals surface area contributed by atoms with E-state index >= 15 is 0 Å². The number of carbonyl (C=O) groups is 1. The molecule has 0 radical (unpaired) electrons. The van der Waals surface area contributed by atoms with Crippen molar-refractivity contribution in [3.8, 4) is 11.5 Å². The van der Waals surface area contributed by atoms with Gasteiger partial charge in [-0.2, -0.15) is 5.10 Å². The van der Waals surface area contributed by atoms with Gasteiger partial charge in [-0.05, 0) is 44.5 Å². The first-order valence-electron chi connectivity index (χ1n) is 11.6. The van der Waals surface area contributed by atoms with Gasteiger partial charge in [0.2, 0.25) is 0 Å². The molecule has 11 heteroatoms. The lowest BCUT2D eigenvalue weighted by Gasteiger charge is -2.26. The molecule has 1 N–H and O–H groups in total. The summed E-state index contributed by atoms with van der Waals surface area (Å²) in [4.78, 5) is 20.4. The van der Waals surface area contributed by atoms with Crippen LogP contribution < -0.4 is 5.32 Å². The second kappa shape index (κ2) is 9.47. The van der Waals surface area contributed by atoms with Crippen LogP contribution in [0.2, 0.25) is 0 Å². The maximum atomic E-state index is 13.3. The second-order valence-corrected chi connectivity index (χ2v) is 11.1. The van der Waals surface area contributed by atoms with Gasteiger partial charge in [0.1, 0.15) is 5.69 Å². The highest BCUT2D eigenvalue weighted by molar-refractivity contribution is 7.91. The predicted molar refractivity (Wildman–Crippen MR) is 126 cm³/mol. The third-order valence-corrected chi connectivity index (χ3v) is 8.20. The highest BCUT2D eigenvalue weighted by Gasteiger charge is 2.32. The molecule has 1 atom stereocenters. The van der Waals surface area contributed by atoms with E-state index in [1.54, 1.807) is 29.1 Å². The van der Waals surface area contributed by atoms with Crippen LogP contribution in [0.1, 0.15) is 34.9 Å². The van der Waals surface area contributed by atoms with Crippen LogP contribution >= 0.6 is 0 Å².